The van der Waals surface area contributed by atoms with Crippen LogP contribution in [-0.2, 0) is 14.3 Å². The van der Waals surface area contributed by atoms with Crippen molar-refractivity contribution in [3.8, 4) is 0 Å². The Morgan fingerprint density at radius 3 is 2.14 bits per heavy atom. The Kier molecular flexibility index (Phi) is 5.09. The molecular weight excluding hydrogens is 381 g/mol. The third-order valence-electron chi connectivity index (χ3n) is 5.26. The van der Waals surface area contributed by atoms with Gasteiger partial charge in [-0.2, -0.15) is 13.2 Å². The number of amides is 2. The molecule has 2 bridgehead atoms. The fraction of sp³-hybridized carbons (Fsp3) is 0.500. The molecule has 0 radical (unpaired) electrons. The molecule has 0 saturated carbocycles. The summed E-state index contributed by atoms with van der Waals surface area (Å²) in [6.45, 7) is 4.52. The smallest absolute Gasteiger partial charge is 0.475 e. The number of alkyl halides is 3. The minimum Gasteiger partial charge on any atom is -0.475 e. The third-order valence-corrected chi connectivity index (χ3v) is 5.26. The topological polar surface area (TPSA) is 87.2 Å². The van der Waals surface area contributed by atoms with E-state index in [9.17, 15) is 22.8 Å². The van der Waals surface area contributed by atoms with Crippen molar-refractivity contribution in [3.05, 3.63) is 29.8 Å². The van der Waals surface area contributed by atoms with Gasteiger partial charge in [0, 0.05) is 12.5 Å². The van der Waals surface area contributed by atoms with Crippen LogP contribution in [0.4, 0.5) is 23.7 Å². The quantitative estimate of drug-likeness (QED) is 0.780. The molecule has 1 N–H and O–H groups in total. The maximum Gasteiger partial charge on any atom is 0.490 e. The minimum atomic E-state index is -5.08. The van der Waals surface area contributed by atoms with Crippen molar-refractivity contribution in [3.63, 3.8) is 0 Å². The number of hydrogen-bond acceptors (Lipinski definition) is 5. The van der Waals surface area contributed by atoms with Crippen molar-refractivity contribution in [1.29, 1.82) is 0 Å². The zero-order valence-corrected chi connectivity index (χ0v) is 15.0. The number of benzene rings is 1. The summed E-state index contributed by atoms with van der Waals surface area (Å²) in [6.07, 6.45) is -3.75. The number of carboxylic acid groups (broad SMARTS) is 1. The molecule has 2 amide bonds. The maximum absolute atomic E-state index is 12.9. The van der Waals surface area contributed by atoms with Crippen LogP contribution in [0.5, 0.6) is 0 Å². The second-order valence-electron chi connectivity index (χ2n) is 7.09. The van der Waals surface area contributed by atoms with Gasteiger partial charge in [-0.15, -0.1) is 0 Å². The molecule has 28 heavy (non-hydrogen) atoms. The number of hydrogen-bond donors (Lipinski definition) is 1. The largest absolute Gasteiger partial charge is 0.490 e. The molecule has 4 saturated heterocycles. The molecule has 152 valence electrons. The molecule has 4 aliphatic heterocycles. The number of carboxylic acids is 1. The SMILES string of the molecule is Cc1ccc(N2C(=O)OC3(CN4CCC3CC4)C2=O)cc1.O=C(O)C(F)(F)F. The van der Waals surface area contributed by atoms with E-state index in [2.05, 4.69) is 4.90 Å². The lowest BCUT2D eigenvalue weighted by molar-refractivity contribution is -0.192. The average Bonchev–Trinajstić information content (AvgIpc) is 2.86. The van der Waals surface area contributed by atoms with Crippen molar-refractivity contribution >= 4 is 23.7 Å². The number of carbonyl (C=O) groups is 3. The number of aliphatic carboxylic acids is 1. The van der Waals surface area contributed by atoms with E-state index in [0.29, 0.717) is 12.2 Å². The number of aryl methyl sites for hydroxylation is 1. The summed E-state index contributed by atoms with van der Waals surface area (Å²) in [5.74, 6) is -2.78. The average molecular weight is 400 g/mol. The number of imide groups is 1. The molecule has 5 rings (SSSR count). The van der Waals surface area contributed by atoms with Crippen molar-refractivity contribution in [2.24, 2.45) is 5.92 Å². The van der Waals surface area contributed by atoms with Crippen LogP contribution in [0.3, 0.4) is 0 Å². The monoisotopic (exact) mass is 400 g/mol. The Morgan fingerprint density at radius 2 is 1.71 bits per heavy atom. The van der Waals surface area contributed by atoms with Crippen LogP contribution in [0.15, 0.2) is 24.3 Å². The zero-order chi connectivity index (χ0) is 20.7. The first-order chi connectivity index (χ1) is 13.0. The molecule has 1 atom stereocenters. The summed E-state index contributed by atoms with van der Waals surface area (Å²) in [6, 6.07) is 7.40. The van der Waals surface area contributed by atoms with Crippen LogP contribution < -0.4 is 4.90 Å². The van der Waals surface area contributed by atoms with E-state index in [0.717, 1.165) is 31.5 Å². The lowest BCUT2D eigenvalue weighted by atomic mass is 9.75. The maximum atomic E-state index is 12.9. The van der Waals surface area contributed by atoms with Gasteiger partial charge < -0.3 is 9.84 Å². The molecule has 0 aliphatic carbocycles. The van der Waals surface area contributed by atoms with Gasteiger partial charge >= 0.3 is 18.2 Å². The summed E-state index contributed by atoms with van der Waals surface area (Å²) in [7, 11) is 0. The van der Waals surface area contributed by atoms with Gasteiger partial charge in [-0.3, -0.25) is 9.69 Å². The summed E-state index contributed by atoms with van der Waals surface area (Å²) in [4.78, 5) is 37.5. The Hall–Kier alpha value is -2.62. The van der Waals surface area contributed by atoms with Crippen molar-refractivity contribution in [2.75, 3.05) is 24.5 Å². The van der Waals surface area contributed by atoms with Crippen LogP contribution in [0.1, 0.15) is 18.4 Å². The van der Waals surface area contributed by atoms with Gasteiger partial charge in [0.25, 0.3) is 5.91 Å². The Balaban J connectivity index is 0.000000279. The van der Waals surface area contributed by atoms with E-state index in [4.69, 9.17) is 14.6 Å². The number of fused-ring (bicyclic) bond motifs is 2. The highest BCUT2D eigenvalue weighted by Gasteiger charge is 2.62. The predicted molar refractivity (Wildman–Crippen MR) is 90.7 cm³/mol. The van der Waals surface area contributed by atoms with E-state index in [-0.39, 0.29) is 11.8 Å². The standard InChI is InChI=1S/C16H18N2O3.C2HF3O2/c1-11-2-4-13(5-3-11)18-14(19)16(21-15(18)20)10-17-8-6-12(16)7-9-17;3-2(4,5)1(6)7/h2-5,12H,6-10H2,1H3;(H,6,7). The molecular formula is C18H19F3N2O5. The van der Waals surface area contributed by atoms with E-state index >= 15 is 0 Å². The fourth-order valence-electron chi connectivity index (χ4n) is 3.81. The normalized spacial score (nSPS) is 28.8. The molecule has 1 aromatic rings. The Morgan fingerprint density at radius 1 is 1.18 bits per heavy atom. The van der Waals surface area contributed by atoms with Gasteiger partial charge in [0.1, 0.15) is 0 Å². The van der Waals surface area contributed by atoms with Crippen LogP contribution in [0, 0.1) is 12.8 Å². The summed E-state index contributed by atoms with van der Waals surface area (Å²) < 4.78 is 37.4. The van der Waals surface area contributed by atoms with Gasteiger partial charge in [-0.05, 0) is 45.0 Å². The molecule has 0 aromatic heterocycles. The Bertz CT molecular complexity index is 787. The summed E-state index contributed by atoms with van der Waals surface area (Å²) >= 11 is 0. The van der Waals surface area contributed by atoms with Crippen LogP contribution >= 0.6 is 0 Å². The lowest BCUT2D eigenvalue weighted by Gasteiger charge is -2.48. The van der Waals surface area contributed by atoms with Crippen molar-refractivity contribution in [1.82, 2.24) is 4.90 Å². The summed E-state index contributed by atoms with van der Waals surface area (Å²) in [5.41, 5.74) is 0.749. The first kappa shape index (κ1) is 20.1. The first-order valence-corrected chi connectivity index (χ1v) is 8.71. The fourth-order valence-corrected chi connectivity index (χ4v) is 3.81. The molecule has 1 spiro atoms. The number of rotatable bonds is 1. The van der Waals surface area contributed by atoms with Gasteiger partial charge in [0.2, 0.25) is 5.60 Å². The second-order valence-corrected chi connectivity index (χ2v) is 7.09. The number of piperidine rings is 3. The van der Waals surface area contributed by atoms with Crippen molar-refractivity contribution < 1.29 is 37.4 Å². The van der Waals surface area contributed by atoms with Crippen LogP contribution in [0.25, 0.3) is 0 Å². The number of anilines is 1. The van der Waals surface area contributed by atoms with Crippen molar-refractivity contribution in [2.45, 2.75) is 31.5 Å². The highest BCUT2D eigenvalue weighted by molar-refractivity contribution is 6.20. The molecule has 1 aromatic carbocycles. The predicted octanol–water partition coefficient (Wildman–Crippen LogP) is 2.58. The van der Waals surface area contributed by atoms with Gasteiger partial charge in [-0.1, -0.05) is 17.7 Å². The van der Waals surface area contributed by atoms with Gasteiger partial charge in [-0.25, -0.2) is 14.5 Å². The second kappa shape index (κ2) is 7.08. The highest BCUT2D eigenvalue weighted by Crippen LogP contribution is 2.44. The summed E-state index contributed by atoms with van der Waals surface area (Å²) in [5, 5.41) is 7.12. The van der Waals surface area contributed by atoms with E-state index in [1.54, 1.807) is 12.1 Å². The number of nitrogens with zero attached hydrogens (tertiary/aromatic N) is 2. The van der Waals surface area contributed by atoms with Crippen LogP contribution in [-0.4, -0.2) is 59.4 Å². The van der Waals surface area contributed by atoms with Gasteiger partial charge in [0.15, 0.2) is 0 Å². The van der Waals surface area contributed by atoms with E-state index < -0.39 is 23.8 Å². The molecule has 4 aliphatic rings. The molecule has 10 heteroatoms. The number of ether oxygens (including phenoxy) is 1. The first-order valence-electron chi connectivity index (χ1n) is 8.71. The number of carbonyl (C=O) groups excluding carboxylic acids is 2. The lowest BCUT2D eigenvalue weighted by Crippen LogP contribution is -2.63. The highest BCUT2D eigenvalue weighted by atomic mass is 19.4. The molecule has 7 nitrogen and oxygen atoms in total. The third kappa shape index (κ3) is 3.56. The van der Waals surface area contributed by atoms with Crippen LogP contribution in [0.2, 0.25) is 0 Å². The van der Waals surface area contributed by atoms with E-state index in [1.807, 2.05) is 19.1 Å². The Labute approximate surface area is 158 Å². The zero-order valence-electron chi connectivity index (χ0n) is 15.0. The van der Waals surface area contributed by atoms with E-state index in [1.165, 1.54) is 4.90 Å². The molecule has 4 heterocycles. The van der Waals surface area contributed by atoms with Gasteiger partial charge in [0.05, 0.1) is 5.69 Å². The number of halogens is 3. The molecule has 4 fully saturated rings. The molecule has 1 unspecified atom stereocenters. The minimum absolute atomic E-state index is 0.161.